The SMILES string of the molecule is C=CCn1c(SCC(=O)c2ccc(OC)cc2)nnc1C(NC(=O)c1cccc(C)c1)C(C)C. The van der Waals surface area contributed by atoms with E-state index in [1.54, 1.807) is 43.5 Å². The number of rotatable bonds is 11. The van der Waals surface area contributed by atoms with Crippen molar-refractivity contribution in [2.24, 2.45) is 5.92 Å². The largest absolute Gasteiger partial charge is 0.497 e. The number of ketones is 1. The lowest BCUT2D eigenvalue weighted by atomic mass is 10.0. The molecule has 0 aliphatic carbocycles. The minimum atomic E-state index is -0.355. The highest BCUT2D eigenvalue weighted by Crippen LogP contribution is 2.26. The van der Waals surface area contributed by atoms with E-state index in [4.69, 9.17) is 4.74 Å². The average Bonchev–Trinajstić information content (AvgIpc) is 3.23. The maximum atomic E-state index is 12.9. The number of ether oxygens (including phenoxy) is 1. The maximum absolute atomic E-state index is 12.9. The zero-order chi connectivity index (χ0) is 24.7. The molecule has 3 rings (SSSR count). The Labute approximate surface area is 204 Å². The number of nitrogens with zero attached hydrogens (tertiary/aromatic N) is 3. The number of allylic oxidation sites excluding steroid dienone is 1. The first kappa shape index (κ1) is 25.2. The first-order chi connectivity index (χ1) is 16.3. The lowest BCUT2D eigenvalue weighted by Crippen LogP contribution is -2.34. The van der Waals surface area contributed by atoms with Gasteiger partial charge in [0.15, 0.2) is 16.8 Å². The number of hydrogen-bond donors (Lipinski definition) is 1. The van der Waals surface area contributed by atoms with Crippen LogP contribution in [-0.4, -0.2) is 39.3 Å². The Balaban J connectivity index is 1.79. The van der Waals surface area contributed by atoms with Crippen LogP contribution in [0.5, 0.6) is 5.75 Å². The number of benzene rings is 2. The monoisotopic (exact) mass is 478 g/mol. The molecule has 34 heavy (non-hydrogen) atoms. The van der Waals surface area contributed by atoms with Gasteiger partial charge in [0.25, 0.3) is 5.91 Å². The summed E-state index contributed by atoms with van der Waals surface area (Å²) in [5, 5.41) is 12.4. The first-order valence-corrected chi connectivity index (χ1v) is 12.0. The van der Waals surface area contributed by atoms with E-state index in [-0.39, 0.29) is 29.4 Å². The number of aromatic nitrogens is 3. The lowest BCUT2D eigenvalue weighted by molar-refractivity contribution is 0.0921. The summed E-state index contributed by atoms with van der Waals surface area (Å²) in [7, 11) is 1.59. The molecule has 3 aromatic rings. The van der Waals surface area contributed by atoms with Crippen LogP contribution >= 0.6 is 11.8 Å². The molecule has 1 heterocycles. The summed E-state index contributed by atoms with van der Waals surface area (Å²) in [5.74, 6) is 1.43. The van der Waals surface area contributed by atoms with Crippen molar-refractivity contribution in [2.75, 3.05) is 12.9 Å². The van der Waals surface area contributed by atoms with E-state index in [1.807, 2.05) is 43.5 Å². The number of amides is 1. The van der Waals surface area contributed by atoms with Gasteiger partial charge in [0.05, 0.1) is 18.9 Å². The Morgan fingerprint density at radius 1 is 1.15 bits per heavy atom. The molecule has 0 radical (unpaired) electrons. The van der Waals surface area contributed by atoms with E-state index >= 15 is 0 Å². The van der Waals surface area contributed by atoms with Crippen LogP contribution in [0.15, 0.2) is 66.3 Å². The predicted octanol–water partition coefficient (Wildman–Crippen LogP) is 4.88. The maximum Gasteiger partial charge on any atom is 0.251 e. The Kier molecular flexibility index (Phi) is 8.65. The highest BCUT2D eigenvalue weighted by atomic mass is 32.2. The molecule has 0 bridgehead atoms. The van der Waals surface area contributed by atoms with Gasteiger partial charge < -0.3 is 14.6 Å². The molecule has 0 saturated heterocycles. The summed E-state index contributed by atoms with van der Waals surface area (Å²) < 4.78 is 7.05. The number of carbonyl (C=O) groups is 2. The van der Waals surface area contributed by atoms with E-state index in [0.29, 0.717) is 34.4 Å². The van der Waals surface area contributed by atoms with E-state index in [0.717, 1.165) is 5.56 Å². The molecule has 178 valence electrons. The van der Waals surface area contributed by atoms with Gasteiger partial charge in [-0.15, -0.1) is 16.8 Å². The number of nitrogens with one attached hydrogen (secondary N) is 1. The molecule has 8 heteroatoms. The molecule has 0 spiro atoms. The molecule has 7 nitrogen and oxygen atoms in total. The van der Waals surface area contributed by atoms with Gasteiger partial charge in [-0.1, -0.05) is 49.4 Å². The van der Waals surface area contributed by atoms with E-state index in [1.165, 1.54) is 11.8 Å². The molecular formula is C26H30N4O3S. The van der Waals surface area contributed by atoms with Crippen molar-refractivity contribution in [1.29, 1.82) is 0 Å². The van der Waals surface area contributed by atoms with Crippen LogP contribution in [0.25, 0.3) is 0 Å². The van der Waals surface area contributed by atoms with Crippen LogP contribution < -0.4 is 10.1 Å². The van der Waals surface area contributed by atoms with Crippen LogP contribution in [0.2, 0.25) is 0 Å². The number of hydrogen-bond acceptors (Lipinski definition) is 6. The molecule has 1 amide bonds. The third kappa shape index (κ3) is 6.14. The second-order valence-electron chi connectivity index (χ2n) is 8.25. The van der Waals surface area contributed by atoms with Crippen molar-refractivity contribution >= 4 is 23.5 Å². The van der Waals surface area contributed by atoms with Gasteiger partial charge in [-0.25, -0.2) is 0 Å². The second kappa shape index (κ2) is 11.7. The zero-order valence-corrected chi connectivity index (χ0v) is 20.8. The molecule has 0 fully saturated rings. The lowest BCUT2D eigenvalue weighted by Gasteiger charge is -2.22. The Morgan fingerprint density at radius 2 is 1.88 bits per heavy atom. The summed E-state index contributed by atoms with van der Waals surface area (Å²) in [6, 6.07) is 14.1. The quantitative estimate of drug-likeness (QED) is 0.240. The number of methoxy groups -OCH3 is 1. The fourth-order valence-corrected chi connectivity index (χ4v) is 4.32. The summed E-state index contributed by atoms with van der Waals surface area (Å²) >= 11 is 1.32. The highest BCUT2D eigenvalue weighted by Gasteiger charge is 2.26. The number of thioether (sulfide) groups is 1. The fourth-order valence-electron chi connectivity index (χ4n) is 3.47. The third-order valence-electron chi connectivity index (χ3n) is 5.31. The van der Waals surface area contributed by atoms with Gasteiger partial charge >= 0.3 is 0 Å². The standard InChI is InChI=1S/C26H30N4O3S/c1-6-14-30-24(23(17(2)3)27-25(32)20-9-7-8-18(4)15-20)28-29-26(30)34-16-22(31)19-10-12-21(33-5)13-11-19/h6-13,15,17,23H,1,14,16H2,2-5H3,(H,27,32). The molecule has 0 aliphatic heterocycles. The summed E-state index contributed by atoms with van der Waals surface area (Å²) in [6.07, 6.45) is 1.75. The van der Waals surface area contributed by atoms with Gasteiger partial charge in [-0.05, 0) is 49.2 Å². The van der Waals surface area contributed by atoms with Gasteiger partial charge in [-0.3, -0.25) is 9.59 Å². The Morgan fingerprint density at radius 3 is 2.50 bits per heavy atom. The van der Waals surface area contributed by atoms with Crippen molar-refractivity contribution in [3.8, 4) is 5.75 Å². The Hall–Kier alpha value is -3.39. The van der Waals surface area contributed by atoms with Crippen molar-refractivity contribution in [2.45, 2.75) is 38.5 Å². The van der Waals surface area contributed by atoms with E-state index in [9.17, 15) is 9.59 Å². The third-order valence-corrected chi connectivity index (χ3v) is 6.28. The fraction of sp³-hybridized carbons (Fsp3) is 0.308. The first-order valence-electron chi connectivity index (χ1n) is 11.1. The molecular weight excluding hydrogens is 448 g/mol. The molecule has 0 aliphatic rings. The van der Waals surface area contributed by atoms with Crippen LogP contribution in [0, 0.1) is 12.8 Å². The smallest absolute Gasteiger partial charge is 0.251 e. The predicted molar refractivity (Wildman–Crippen MR) is 134 cm³/mol. The van der Waals surface area contributed by atoms with Crippen LogP contribution in [0.3, 0.4) is 0 Å². The van der Waals surface area contributed by atoms with Gasteiger partial charge in [0.1, 0.15) is 5.75 Å². The molecule has 1 atom stereocenters. The van der Waals surface area contributed by atoms with E-state index in [2.05, 4.69) is 22.1 Å². The summed E-state index contributed by atoms with van der Waals surface area (Å²) in [5.41, 5.74) is 2.22. The molecule has 1 unspecified atom stereocenters. The number of carbonyl (C=O) groups excluding carboxylic acids is 2. The second-order valence-corrected chi connectivity index (χ2v) is 9.19. The normalized spacial score (nSPS) is 11.8. The average molecular weight is 479 g/mol. The summed E-state index contributed by atoms with van der Waals surface area (Å²) in [6.45, 7) is 10.3. The van der Waals surface area contributed by atoms with Gasteiger partial charge in [-0.2, -0.15) is 0 Å². The Bertz CT molecular complexity index is 1160. The molecule has 1 N–H and O–H groups in total. The number of aryl methyl sites for hydroxylation is 1. The van der Waals surface area contributed by atoms with Crippen LogP contribution in [-0.2, 0) is 6.54 Å². The number of Topliss-reactive ketones (excluding diaryl/α,β-unsaturated/α-hetero) is 1. The topological polar surface area (TPSA) is 86.1 Å². The molecule has 2 aromatic carbocycles. The summed E-state index contributed by atoms with van der Waals surface area (Å²) in [4.78, 5) is 25.6. The van der Waals surface area contributed by atoms with Crippen LogP contribution in [0.1, 0.15) is 52.0 Å². The van der Waals surface area contributed by atoms with Crippen molar-refractivity contribution in [3.05, 3.63) is 83.7 Å². The van der Waals surface area contributed by atoms with Crippen molar-refractivity contribution < 1.29 is 14.3 Å². The van der Waals surface area contributed by atoms with Crippen molar-refractivity contribution in [3.63, 3.8) is 0 Å². The molecule has 1 aromatic heterocycles. The van der Waals surface area contributed by atoms with Gasteiger partial charge in [0, 0.05) is 17.7 Å². The van der Waals surface area contributed by atoms with Crippen LogP contribution in [0.4, 0.5) is 0 Å². The van der Waals surface area contributed by atoms with Gasteiger partial charge in [0.2, 0.25) is 0 Å². The minimum Gasteiger partial charge on any atom is -0.497 e. The van der Waals surface area contributed by atoms with E-state index < -0.39 is 0 Å². The minimum absolute atomic E-state index is 0.0180. The van der Waals surface area contributed by atoms with Crippen molar-refractivity contribution in [1.82, 2.24) is 20.1 Å². The molecule has 0 saturated carbocycles. The zero-order valence-electron chi connectivity index (χ0n) is 19.9. The highest BCUT2D eigenvalue weighted by molar-refractivity contribution is 7.99.